The van der Waals surface area contributed by atoms with Gasteiger partial charge in [0, 0.05) is 25.7 Å². The van der Waals surface area contributed by atoms with E-state index in [-0.39, 0.29) is 25.7 Å². The topological polar surface area (TPSA) is 237 Å². The molecule has 0 saturated carbocycles. The van der Waals surface area contributed by atoms with E-state index in [1.165, 1.54) is 161 Å². The van der Waals surface area contributed by atoms with Gasteiger partial charge in [-0.3, -0.25) is 37.3 Å². The molecule has 3 N–H and O–H groups in total. The highest BCUT2D eigenvalue weighted by atomic mass is 31.2. The number of hydrogen-bond acceptors (Lipinski definition) is 15. The Morgan fingerprint density at radius 2 is 0.522 bits per heavy atom. The van der Waals surface area contributed by atoms with Gasteiger partial charge in [0.2, 0.25) is 0 Å². The van der Waals surface area contributed by atoms with Gasteiger partial charge in [-0.25, -0.2) is 9.13 Å². The molecule has 546 valence electrons. The summed E-state index contributed by atoms with van der Waals surface area (Å²) in [6, 6.07) is 0. The van der Waals surface area contributed by atoms with Crippen LogP contribution in [0.3, 0.4) is 0 Å². The second kappa shape index (κ2) is 62.6. The van der Waals surface area contributed by atoms with Crippen LogP contribution in [0.1, 0.15) is 364 Å². The highest BCUT2D eigenvalue weighted by Gasteiger charge is 2.30. The van der Waals surface area contributed by atoms with E-state index in [0.29, 0.717) is 31.6 Å². The number of aliphatic hydroxyl groups excluding tert-OH is 1. The molecule has 0 aromatic heterocycles. The average molecular weight is 1350 g/mol. The molecule has 0 amide bonds. The average Bonchev–Trinajstić information content (AvgIpc) is 1.33. The largest absolute Gasteiger partial charge is 0.472 e. The molecule has 0 radical (unpaired) electrons. The lowest BCUT2D eigenvalue weighted by Crippen LogP contribution is -2.30. The monoisotopic (exact) mass is 1350 g/mol. The van der Waals surface area contributed by atoms with Crippen LogP contribution < -0.4 is 0 Å². The minimum absolute atomic E-state index is 0.101. The number of phosphoric ester groups is 2. The van der Waals surface area contributed by atoms with Crippen molar-refractivity contribution in [1.29, 1.82) is 0 Å². The van der Waals surface area contributed by atoms with Crippen molar-refractivity contribution < 1.29 is 80.2 Å². The third kappa shape index (κ3) is 65.4. The molecule has 6 atom stereocenters. The standard InChI is InChI=1S/C73H142O17P2/c1-9-66(8)52-44-36-30-32-38-46-54-71(76)84-60-69(90-73(78)56-48-40-31-29-35-43-51-65(6)7)62-88-92(81,82)86-58-67(74)57-85-91(79,80)87-61-68(59-83-70(75)53-45-37-27-23-20-16-18-22-26-34-42-50-64(4)5)89-72(77)55-47-39-28-24-19-15-13-11-10-12-14-17-21-25-33-41-49-63(2)3/h63-69,74H,9-62H2,1-8H3,(H,79,80)(H,81,82)/t66?,67-,68-,69-/m1/s1. The zero-order chi connectivity index (χ0) is 68.2. The van der Waals surface area contributed by atoms with E-state index in [9.17, 15) is 43.2 Å². The van der Waals surface area contributed by atoms with E-state index < -0.39 is 97.5 Å². The SMILES string of the molecule is CCC(C)CCCCCCCCC(=O)OC[C@H](COP(=O)(O)OC[C@H](O)COP(=O)(O)OC[C@@H](COC(=O)CCCCCCCCCCCCCC(C)C)OC(=O)CCCCCCCCCCCCCCCCCCC(C)C)OC(=O)CCCCCCCCC(C)C. The van der Waals surface area contributed by atoms with Crippen molar-refractivity contribution in [2.75, 3.05) is 39.6 Å². The number of ether oxygens (including phenoxy) is 4. The molecule has 0 saturated heterocycles. The van der Waals surface area contributed by atoms with Crippen LogP contribution in [-0.4, -0.2) is 96.7 Å². The Labute approximate surface area is 562 Å². The molecule has 0 aliphatic heterocycles. The Hall–Kier alpha value is -1.94. The summed E-state index contributed by atoms with van der Waals surface area (Å²) >= 11 is 0. The van der Waals surface area contributed by atoms with Gasteiger partial charge in [-0.15, -0.1) is 0 Å². The van der Waals surface area contributed by atoms with Gasteiger partial charge < -0.3 is 33.8 Å². The van der Waals surface area contributed by atoms with Crippen LogP contribution in [0.2, 0.25) is 0 Å². The Morgan fingerprint density at radius 1 is 0.304 bits per heavy atom. The number of phosphoric acid groups is 2. The number of aliphatic hydroxyl groups is 1. The summed E-state index contributed by atoms with van der Waals surface area (Å²) in [4.78, 5) is 72.6. The molecular formula is C73H142O17P2. The lowest BCUT2D eigenvalue weighted by molar-refractivity contribution is -0.161. The molecule has 0 bridgehead atoms. The van der Waals surface area contributed by atoms with Gasteiger partial charge in [0.05, 0.1) is 26.4 Å². The van der Waals surface area contributed by atoms with Gasteiger partial charge in [-0.1, -0.05) is 312 Å². The van der Waals surface area contributed by atoms with Crippen molar-refractivity contribution in [2.45, 2.75) is 382 Å². The molecule has 0 rings (SSSR count). The Kier molecular flexibility index (Phi) is 61.3. The van der Waals surface area contributed by atoms with Crippen LogP contribution in [0.15, 0.2) is 0 Å². The van der Waals surface area contributed by atoms with Gasteiger partial charge in [-0.05, 0) is 49.4 Å². The number of unbranched alkanes of at least 4 members (excludes halogenated alkanes) is 35. The smallest absolute Gasteiger partial charge is 0.462 e. The Morgan fingerprint density at radius 3 is 0.772 bits per heavy atom. The maximum Gasteiger partial charge on any atom is 0.472 e. The summed E-state index contributed by atoms with van der Waals surface area (Å²) < 4.78 is 68.3. The number of rotatable bonds is 70. The first kappa shape index (κ1) is 90.1. The summed E-state index contributed by atoms with van der Waals surface area (Å²) in [6.07, 6.45) is 46.1. The second-order valence-corrected chi connectivity index (χ2v) is 30.9. The molecule has 17 nitrogen and oxygen atoms in total. The van der Waals surface area contributed by atoms with E-state index in [1.54, 1.807) is 0 Å². The van der Waals surface area contributed by atoms with Crippen LogP contribution in [0.4, 0.5) is 0 Å². The quantitative estimate of drug-likeness (QED) is 0.0222. The summed E-state index contributed by atoms with van der Waals surface area (Å²) in [5.41, 5.74) is 0. The molecule has 3 unspecified atom stereocenters. The van der Waals surface area contributed by atoms with Crippen LogP contribution in [-0.2, 0) is 65.4 Å². The third-order valence-corrected chi connectivity index (χ3v) is 19.1. The van der Waals surface area contributed by atoms with Crippen molar-refractivity contribution in [1.82, 2.24) is 0 Å². The highest BCUT2D eigenvalue weighted by molar-refractivity contribution is 7.47. The van der Waals surface area contributed by atoms with E-state index >= 15 is 0 Å². The number of esters is 4. The molecule has 0 heterocycles. The van der Waals surface area contributed by atoms with Crippen LogP contribution in [0, 0.1) is 23.7 Å². The van der Waals surface area contributed by atoms with Gasteiger partial charge in [0.15, 0.2) is 12.2 Å². The fourth-order valence-electron chi connectivity index (χ4n) is 11.0. The van der Waals surface area contributed by atoms with Gasteiger partial charge in [0.25, 0.3) is 0 Å². The van der Waals surface area contributed by atoms with Crippen molar-refractivity contribution in [3.63, 3.8) is 0 Å². The number of hydrogen-bond donors (Lipinski definition) is 3. The number of carbonyl (C=O) groups excluding carboxylic acids is 4. The maximum atomic E-state index is 13.1. The first-order valence-electron chi connectivity index (χ1n) is 37.7. The lowest BCUT2D eigenvalue weighted by Gasteiger charge is -2.21. The van der Waals surface area contributed by atoms with Crippen molar-refractivity contribution in [2.24, 2.45) is 23.7 Å². The zero-order valence-corrected chi connectivity index (χ0v) is 62.0. The van der Waals surface area contributed by atoms with Gasteiger partial charge in [0.1, 0.15) is 19.3 Å². The summed E-state index contributed by atoms with van der Waals surface area (Å²) in [5.74, 6) is 0.850. The fraction of sp³-hybridized carbons (Fsp3) is 0.945. The van der Waals surface area contributed by atoms with Crippen molar-refractivity contribution >= 4 is 39.5 Å². The highest BCUT2D eigenvalue weighted by Crippen LogP contribution is 2.45. The molecular weight excluding hydrogens is 1210 g/mol. The van der Waals surface area contributed by atoms with Crippen LogP contribution >= 0.6 is 15.6 Å². The van der Waals surface area contributed by atoms with E-state index in [1.807, 2.05) is 0 Å². The maximum absolute atomic E-state index is 13.1. The molecule has 0 spiro atoms. The predicted octanol–water partition coefficient (Wildman–Crippen LogP) is 20.9. The summed E-state index contributed by atoms with van der Waals surface area (Å²) in [5, 5.41) is 10.6. The molecule has 0 aromatic rings. The van der Waals surface area contributed by atoms with E-state index in [4.69, 9.17) is 37.0 Å². The van der Waals surface area contributed by atoms with Crippen LogP contribution in [0.25, 0.3) is 0 Å². The summed E-state index contributed by atoms with van der Waals surface area (Å²) in [6.45, 7) is 14.1. The van der Waals surface area contributed by atoms with E-state index in [2.05, 4.69) is 55.4 Å². The molecule has 0 aromatic carbocycles. The van der Waals surface area contributed by atoms with E-state index in [0.717, 1.165) is 114 Å². The molecule has 19 heteroatoms. The zero-order valence-electron chi connectivity index (χ0n) is 60.2. The van der Waals surface area contributed by atoms with Gasteiger partial charge in [-0.2, -0.15) is 0 Å². The predicted molar refractivity (Wildman–Crippen MR) is 372 cm³/mol. The number of carbonyl (C=O) groups is 4. The normalized spacial score (nSPS) is 14.5. The molecule has 0 aliphatic carbocycles. The Bertz CT molecular complexity index is 1820. The third-order valence-electron chi connectivity index (χ3n) is 17.2. The fourth-order valence-corrected chi connectivity index (χ4v) is 12.6. The second-order valence-electron chi connectivity index (χ2n) is 28.0. The minimum atomic E-state index is -4.96. The van der Waals surface area contributed by atoms with Crippen LogP contribution in [0.5, 0.6) is 0 Å². The Balaban J connectivity index is 5.21. The summed E-state index contributed by atoms with van der Waals surface area (Å²) in [7, 11) is -9.91. The minimum Gasteiger partial charge on any atom is -0.462 e. The molecule has 92 heavy (non-hydrogen) atoms. The van der Waals surface area contributed by atoms with Crippen molar-refractivity contribution in [3.05, 3.63) is 0 Å². The first-order valence-corrected chi connectivity index (χ1v) is 40.7. The molecule has 0 fully saturated rings. The lowest BCUT2D eigenvalue weighted by atomic mass is 10.00. The first-order chi connectivity index (χ1) is 44.1. The molecule has 0 aliphatic rings. The van der Waals surface area contributed by atoms with Gasteiger partial charge >= 0.3 is 39.5 Å². The van der Waals surface area contributed by atoms with Crippen molar-refractivity contribution in [3.8, 4) is 0 Å².